The van der Waals surface area contributed by atoms with Crippen LogP contribution in [0.5, 0.6) is 5.75 Å². The van der Waals surface area contributed by atoms with Gasteiger partial charge in [-0.05, 0) is 25.0 Å². The molecule has 1 aromatic rings. The van der Waals surface area contributed by atoms with E-state index in [-0.39, 0.29) is 16.7 Å². The molecule has 0 saturated heterocycles. The van der Waals surface area contributed by atoms with Crippen LogP contribution in [0.25, 0.3) is 0 Å². The lowest BCUT2D eigenvalue weighted by Gasteiger charge is -2.13. The van der Waals surface area contributed by atoms with Gasteiger partial charge in [-0.1, -0.05) is 24.3 Å². The number of rotatable bonds is 3. The van der Waals surface area contributed by atoms with E-state index in [0.717, 1.165) is 0 Å². The Morgan fingerprint density at radius 3 is 2.44 bits per heavy atom. The van der Waals surface area contributed by atoms with Gasteiger partial charge in [0.15, 0.2) is 0 Å². The van der Waals surface area contributed by atoms with Crippen molar-refractivity contribution in [2.75, 3.05) is 0 Å². The molecule has 1 aromatic carbocycles. The van der Waals surface area contributed by atoms with E-state index in [2.05, 4.69) is 4.72 Å². The highest BCUT2D eigenvalue weighted by Crippen LogP contribution is 2.22. The Morgan fingerprint density at radius 1 is 1.19 bits per heavy atom. The van der Waals surface area contributed by atoms with Crippen LogP contribution in [0.1, 0.15) is 12.8 Å². The van der Waals surface area contributed by atoms with Crippen LogP contribution in [0.2, 0.25) is 0 Å². The van der Waals surface area contributed by atoms with Crippen LogP contribution in [0.15, 0.2) is 41.3 Å². The van der Waals surface area contributed by atoms with Crippen LogP contribution in [-0.2, 0) is 10.0 Å². The van der Waals surface area contributed by atoms with Crippen molar-refractivity contribution in [2.45, 2.75) is 23.8 Å². The Bertz CT molecular complexity index is 500. The molecule has 0 bridgehead atoms. The predicted octanol–water partition coefficient (Wildman–Crippen LogP) is 1.39. The standard InChI is InChI=1S/C11H13NO3S/c13-10-7-3-4-8-11(10)16(14,15)12-9-5-1-2-6-9/h1-4,7-9,12-13H,5-6H2. The SMILES string of the molecule is O=S(=O)(NC1CC=CC1)c1ccccc1O. The molecule has 0 fully saturated rings. The number of para-hydroxylation sites is 1. The molecule has 0 unspecified atom stereocenters. The number of aromatic hydroxyl groups is 1. The molecule has 0 amide bonds. The molecule has 2 N–H and O–H groups in total. The van der Waals surface area contributed by atoms with Gasteiger partial charge in [-0.15, -0.1) is 0 Å². The second-order valence-corrected chi connectivity index (χ2v) is 5.41. The molecule has 1 aliphatic rings. The van der Waals surface area contributed by atoms with Crippen LogP contribution >= 0.6 is 0 Å². The van der Waals surface area contributed by atoms with Gasteiger partial charge in [0.1, 0.15) is 10.6 Å². The van der Waals surface area contributed by atoms with Crippen LogP contribution in [0.3, 0.4) is 0 Å². The molecule has 86 valence electrons. The zero-order valence-corrected chi connectivity index (χ0v) is 9.44. The van der Waals surface area contributed by atoms with E-state index in [9.17, 15) is 13.5 Å². The number of hydrogen-bond acceptors (Lipinski definition) is 3. The predicted molar refractivity (Wildman–Crippen MR) is 60.6 cm³/mol. The van der Waals surface area contributed by atoms with Gasteiger partial charge < -0.3 is 5.11 Å². The zero-order valence-electron chi connectivity index (χ0n) is 8.63. The van der Waals surface area contributed by atoms with E-state index < -0.39 is 10.0 Å². The Balaban J connectivity index is 2.22. The second kappa shape index (κ2) is 4.27. The lowest BCUT2D eigenvalue weighted by molar-refractivity contribution is 0.457. The normalized spacial score (nSPS) is 16.8. The zero-order chi connectivity index (χ0) is 11.6. The average Bonchev–Trinajstić information content (AvgIpc) is 2.70. The van der Waals surface area contributed by atoms with Crippen LogP contribution in [0, 0.1) is 0 Å². The van der Waals surface area contributed by atoms with Gasteiger partial charge in [0, 0.05) is 6.04 Å². The van der Waals surface area contributed by atoms with E-state index >= 15 is 0 Å². The summed E-state index contributed by atoms with van der Waals surface area (Å²) in [6, 6.07) is 5.83. The fraction of sp³-hybridized carbons (Fsp3) is 0.273. The summed E-state index contributed by atoms with van der Waals surface area (Å²) in [6.07, 6.45) is 5.29. The van der Waals surface area contributed by atoms with E-state index in [1.165, 1.54) is 12.1 Å². The molecule has 0 atom stereocenters. The van der Waals surface area contributed by atoms with Crippen molar-refractivity contribution in [3.05, 3.63) is 36.4 Å². The summed E-state index contributed by atoms with van der Waals surface area (Å²) >= 11 is 0. The van der Waals surface area contributed by atoms with Gasteiger partial charge in [-0.25, -0.2) is 13.1 Å². The Kier molecular flexibility index (Phi) is 2.98. The highest BCUT2D eigenvalue weighted by atomic mass is 32.2. The quantitative estimate of drug-likeness (QED) is 0.783. The maximum absolute atomic E-state index is 11.9. The largest absolute Gasteiger partial charge is 0.507 e. The summed E-state index contributed by atoms with van der Waals surface area (Å²) in [5.41, 5.74) is 0. The fourth-order valence-corrected chi connectivity index (χ4v) is 3.04. The summed E-state index contributed by atoms with van der Waals surface area (Å²) in [5.74, 6) is -0.221. The summed E-state index contributed by atoms with van der Waals surface area (Å²) in [7, 11) is -3.61. The molecule has 0 aromatic heterocycles. The highest BCUT2D eigenvalue weighted by molar-refractivity contribution is 7.89. The number of nitrogens with one attached hydrogen (secondary N) is 1. The first-order valence-corrected chi connectivity index (χ1v) is 6.53. The summed E-state index contributed by atoms with van der Waals surface area (Å²) in [5, 5.41) is 9.49. The van der Waals surface area contributed by atoms with Crippen molar-refractivity contribution in [2.24, 2.45) is 0 Å². The van der Waals surface area contributed by atoms with Gasteiger partial charge >= 0.3 is 0 Å². The minimum absolute atomic E-state index is 0.0677. The smallest absolute Gasteiger partial charge is 0.244 e. The van der Waals surface area contributed by atoms with Crippen LogP contribution in [-0.4, -0.2) is 19.6 Å². The number of phenols is 1. The van der Waals surface area contributed by atoms with E-state index in [1.54, 1.807) is 12.1 Å². The maximum Gasteiger partial charge on any atom is 0.244 e. The van der Waals surface area contributed by atoms with E-state index in [0.29, 0.717) is 12.8 Å². The third kappa shape index (κ3) is 2.25. The van der Waals surface area contributed by atoms with E-state index in [1.807, 2.05) is 12.2 Å². The Hall–Kier alpha value is -1.33. The monoisotopic (exact) mass is 239 g/mol. The van der Waals surface area contributed by atoms with Crippen LogP contribution in [0.4, 0.5) is 0 Å². The summed E-state index contributed by atoms with van der Waals surface area (Å²) in [4.78, 5) is -0.0677. The van der Waals surface area contributed by atoms with Crippen molar-refractivity contribution in [1.82, 2.24) is 4.72 Å². The van der Waals surface area contributed by atoms with Crippen molar-refractivity contribution in [3.8, 4) is 5.75 Å². The van der Waals surface area contributed by atoms with Gasteiger partial charge in [-0.3, -0.25) is 0 Å². The fourth-order valence-electron chi connectivity index (χ4n) is 1.68. The highest BCUT2D eigenvalue weighted by Gasteiger charge is 2.22. The first-order chi connectivity index (χ1) is 7.59. The molecule has 2 rings (SSSR count). The molecule has 0 heterocycles. The third-order valence-corrected chi connectivity index (χ3v) is 4.05. The average molecular weight is 239 g/mol. The lowest BCUT2D eigenvalue weighted by atomic mass is 10.3. The van der Waals surface area contributed by atoms with Crippen molar-refractivity contribution < 1.29 is 13.5 Å². The lowest BCUT2D eigenvalue weighted by Crippen LogP contribution is -2.32. The molecule has 16 heavy (non-hydrogen) atoms. The molecule has 5 heteroatoms. The summed E-state index contributed by atoms with van der Waals surface area (Å²) < 4.78 is 26.4. The molecule has 0 saturated carbocycles. The van der Waals surface area contributed by atoms with Crippen molar-refractivity contribution >= 4 is 10.0 Å². The molecule has 0 radical (unpaired) electrons. The molecule has 1 aliphatic carbocycles. The number of hydrogen-bond donors (Lipinski definition) is 2. The minimum Gasteiger partial charge on any atom is -0.507 e. The van der Waals surface area contributed by atoms with Gasteiger partial charge in [0.2, 0.25) is 10.0 Å². The second-order valence-electron chi connectivity index (χ2n) is 3.73. The molecule has 4 nitrogen and oxygen atoms in total. The van der Waals surface area contributed by atoms with Crippen molar-refractivity contribution in [1.29, 1.82) is 0 Å². The number of benzene rings is 1. The first-order valence-electron chi connectivity index (χ1n) is 5.05. The van der Waals surface area contributed by atoms with Gasteiger partial charge in [0.25, 0.3) is 0 Å². The van der Waals surface area contributed by atoms with E-state index in [4.69, 9.17) is 0 Å². The molecular weight excluding hydrogens is 226 g/mol. The maximum atomic E-state index is 11.9. The van der Waals surface area contributed by atoms with Crippen molar-refractivity contribution in [3.63, 3.8) is 0 Å². The van der Waals surface area contributed by atoms with Crippen LogP contribution < -0.4 is 4.72 Å². The van der Waals surface area contributed by atoms with Gasteiger partial charge in [0.05, 0.1) is 0 Å². The molecular formula is C11H13NO3S. The Morgan fingerprint density at radius 2 is 1.81 bits per heavy atom. The van der Waals surface area contributed by atoms with Gasteiger partial charge in [-0.2, -0.15) is 0 Å². The third-order valence-electron chi connectivity index (χ3n) is 2.48. The number of phenolic OH excluding ortho intramolecular Hbond substituents is 1. The topological polar surface area (TPSA) is 66.4 Å². The molecule has 0 aliphatic heterocycles. The summed E-state index contributed by atoms with van der Waals surface area (Å²) in [6.45, 7) is 0. The Labute approximate surface area is 94.7 Å². The first kappa shape index (κ1) is 11.2. The number of sulfonamides is 1. The minimum atomic E-state index is -3.61. The molecule has 0 spiro atoms.